The molecule has 0 atom stereocenters. The van der Waals surface area contributed by atoms with Crippen molar-refractivity contribution in [2.24, 2.45) is 0 Å². The van der Waals surface area contributed by atoms with E-state index in [-0.39, 0.29) is 5.91 Å². The van der Waals surface area contributed by atoms with E-state index in [0.29, 0.717) is 23.6 Å². The van der Waals surface area contributed by atoms with E-state index in [0.717, 1.165) is 21.1 Å². The molecule has 6 heteroatoms. The number of ether oxygens (including phenoxy) is 1. The summed E-state index contributed by atoms with van der Waals surface area (Å²) in [6.07, 6.45) is 0. The fraction of sp³-hybridized carbons (Fsp3) is 0.150. The molecule has 0 aliphatic heterocycles. The van der Waals surface area contributed by atoms with Gasteiger partial charge in [-0.05, 0) is 46.1 Å². The van der Waals surface area contributed by atoms with Gasteiger partial charge in [0.1, 0.15) is 11.3 Å². The van der Waals surface area contributed by atoms with Crippen LogP contribution in [0.1, 0.15) is 16.1 Å². The Kier molecular flexibility index (Phi) is 5.49. The van der Waals surface area contributed by atoms with Crippen LogP contribution in [0, 0.1) is 11.8 Å². The molecule has 2 aromatic carbocycles. The first kappa shape index (κ1) is 17.9. The number of halogens is 1. The van der Waals surface area contributed by atoms with Crippen LogP contribution >= 0.6 is 15.9 Å². The summed E-state index contributed by atoms with van der Waals surface area (Å²) in [4.78, 5) is 11.7. The summed E-state index contributed by atoms with van der Waals surface area (Å²) in [5, 5.41) is 6.77. The van der Waals surface area contributed by atoms with E-state index >= 15 is 0 Å². The highest BCUT2D eigenvalue weighted by Crippen LogP contribution is 2.27. The number of benzene rings is 2. The van der Waals surface area contributed by atoms with Gasteiger partial charge in [-0.3, -0.25) is 4.79 Å². The predicted molar refractivity (Wildman–Crippen MR) is 106 cm³/mol. The second-order valence-corrected chi connectivity index (χ2v) is 6.27. The minimum Gasteiger partial charge on any atom is -0.495 e. The van der Waals surface area contributed by atoms with Gasteiger partial charge in [-0.2, -0.15) is 0 Å². The Hall–Kier alpha value is -2.91. The Morgan fingerprint density at radius 2 is 2.12 bits per heavy atom. The molecule has 0 radical (unpaired) electrons. The average molecular weight is 413 g/mol. The molecule has 0 bridgehead atoms. The fourth-order valence-electron chi connectivity index (χ4n) is 2.48. The molecule has 26 heavy (non-hydrogen) atoms. The van der Waals surface area contributed by atoms with Crippen molar-refractivity contribution in [1.29, 1.82) is 0 Å². The summed E-state index contributed by atoms with van der Waals surface area (Å²) in [5.74, 6) is 7.06. The van der Waals surface area contributed by atoms with Gasteiger partial charge in [-0.1, -0.05) is 18.1 Å². The van der Waals surface area contributed by atoms with Crippen LogP contribution in [0.5, 0.6) is 5.75 Å². The second kappa shape index (κ2) is 7.98. The Bertz CT molecular complexity index is 1010. The molecule has 1 aromatic heterocycles. The minimum absolute atomic E-state index is 0.161. The number of hydrogen-bond acceptors (Lipinski definition) is 4. The van der Waals surface area contributed by atoms with Gasteiger partial charge in [0.25, 0.3) is 5.91 Å². The number of hydrogen-bond donors (Lipinski definition) is 2. The molecule has 0 saturated heterocycles. The lowest BCUT2D eigenvalue weighted by Crippen LogP contribution is -2.17. The molecule has 0 fully saturated rings. The zero-order valence-corrected chi connectivity index (χ0v) is 15.9. The van der Waals surface area contributed by atoms with E-state index in [1.165, 1.54) is 0 Å². The number of para-hydroxylation sites is 1. The number of amides is 1. The molecule has 0 spiro atoms. The molecular formula is C20H17BrN2O3. The van der Waals surface area contributed by atoms with Gasteiger partial charge in [0.15, 0.2) is 5.76 Å². The number of nitrogens with one attached hydrogen (secondary N) is 2. The molecule has 3 rings (SSSR count). The van der Waals surface area contributed by atoms with Gasteiger partial charge in [-0.25, -0.2) is 0 Å². The average Bonchev–Trinajstić information content (AvgIpc) is 3.09. The molecule has 132 valence electrons. The first-order valence-corrected chi connectivity index (χ1v) is 8.72. The van der Waals surface area contributed by atoms with Crippen LogP contribution in [0.4, 0.5) is 5.69 Å². The monoisotopic (exact) mass is 412 g/mol. The second-order valence-electron chi connectivity index (χ2n) is 5.42. The number of carbonyl (C=O) groups is 1. The van der Waals surface area contributed by atoms with Gasteiger partial charge >= 0.3 is 0 Å². The molecular weight excluding hydrogens is 396 g/mol. The van der Waals surface area contributed by atoms with Crippen LogP contribution in [-0.2, 0) is 0 Å². The highest BCUT2D eigenvalue weighted by molar-refractivity contribution is 9.10. The van der Waals surface area contributed by atoms with Gasteiger partial charge in [0, 0.05) is 24.1 Å². The molecule has 0 aliphatic carbocycles. The summed E-state index contributed by atoms with van der Waals surface area (Å²) in [6.45, 7) is 0.411. The van der Waals surface area contributed by atoms with Crippen LogP contribution in [0.2, 0.25) is 0 Å². The zero-order chi connectivity index (χ0) is 18.5. The van der Waals surface area contributed by atoms with E-state index in [4.69, 9.17) is 9.15 Å². The predicted octanol–water partition coefficient (Wildman–Crippen LogP) is 4.03. The minimum atomic E-state index is -0.161. The van der Waals surface area contributed by atoms with Crippen molar-refractivity contribution in [3.05, 3.63) is 58.3 Å². The van der Waals surface area contributed by atoms with E-state index in [9.17, 15) is 4.79 Å². The molecule has 1 amide bonds. The Morgan fingerprint density at radius 1 is 1.27 bits per heavy atom. The standard InChI is InChI=1S/C20H17BrN2O3/c1-22-20(24)14-8-9-17(18(12-14)25-2)23-10-4-6-15-11-13-5-3-7-16(21)19(13)26-15/h3,5,7-9,11-12,23H,10H2,1-2H3,(H,22,24). The lowest BCUT2D eigenvalue weighted by atomic mass is 10.1. The summed E-state index contributed by atoms with van der Waals surface area (Å²) in [6, 6.07) is 13.0. The number of carbonyl (C=O) groups excluding carboxylic acids is 1. The first-order chi connectivity index (χ1) is 12.6. The molecule has 2 N–H and O–H groups in total. The number of anilines is 1. The van der Waals surface area contributed by atoms with Crippen molar-refractivity contribution in [2.75, 3.05) is 26.0 Å². The van der Waals surface area contributed by atoms with Crippen LogP contribution in [0.15, 0.2) is 51.4 Å². The summed E-state index contributed by atoms with van der Waals surface area (Å²) in [5.41, 5.74) is 2.09. The maximum absolute atomic E-state index is 11.7. The van der Waals surface area contributed by atoms with Gasteiger partial charge in [-0.15, -0.1) is 0 Å². The van der Waals surface area contributed by atoms with Gasteiger partial charge in [0.2, 0.25) is 0 Å². The summed E-state index contributed by atoms with van der Waals surface area (Å²) < 4.78 is 12.0. The quantitative estimate of drug-likeness (QED) is 0.635. The lowest BCUT2D eigenvalue weighted by Gasteiger charge is -2.10. The van der Waals surface area contributed by atoms with E-state index in [2.05, 4.69) is 38.4 Å². The van der Waals surface area contributed by atoms with E-state index in [1.54, 1.807) is 32.4 Å². The van der Waals surface area contributed by atoms with Crippen LogP contribution in [0.25, 0.3) is 11.0 Å². The number of methoxy groups -OCH3 is 1. The topological polar surface area (TPSA) is 63.5 Å². The van der Waals surface area contributed by atoms with Crippen molar-refractivity contribution < 1.29 is 13.9 Å². The van der Waals surface area contributed by atoms with Gasteiger partial charge in [0.05, 0.1) is 23.8 Å². The molecule has 1 heterocycles. The number of rotatable bonds is 4. The maximum Gasteiger partial charge on any atom is 0.251 e. The first-order valence-electron chi connectivity index (χ1n) is 7.93. The summed E-state index contributed by atoms with van der Waals surface area (Å²) >= 11 is 3.46. The third-order valence-corrected chi connectivity index (χ3v) is 4.39. The van der Waals surface area contributed by atoms with Crippen molar-refractivity contribution in [3.8, 4) is 17.6 Å². The van der Waals surface area contributed by atoms with Crippen LogP contribution in [-0.4, -0.2) is 26.6 Å². The van der Waals surface area contributed by atoms with E-state index < -0.39 is 0 Å². The van der Waals surface area contributed by atoms with Gasteiger partial charge < -0.3 is 19.8 Å². The molecule has 0 unspecified atom stereocenters. The van der Waals surface area contributed by atoms with Crippen molar-refractivity contribution >= 4 is 38.5 Å². The number of fused-ring (bicyclic) bond motifs is 1. The third kappa shape index (κ3) is 3.84. The van der Waals surface area contributed by atoms with Crippen LogP contribution < -0.4 is 15.4 Å². The highest BCUT2D eigenvalue weighted by atomic mass is 79.9. The zero-order valence-electron chi connectivity index (χ0n) is 14.4. The van der Waals surface area contributed by atoms with E-state index in [1.807, 2.05) is 24.3 Å². The molecule has 5 nitrogen and oxygen atoms in total. The SMILES string of the molecule is CNC(=O)c1ccc(NCC#Cc2cc3cccc(Br)c3o2)c(OC)c1. The smallest absolute Gasteiger partial charge is 0.251 e. The molecule has 0 aliphatic rings. The van der Waals surface area contributed by atoms with Crippen molar-refractivity contribution in [2.45, 2.75) is 0 Å². The highest BCUT2D eigenvalue weighted by Gasteiger charge is 2.08. The summed E-state index contributed by atoms with van der Waals surface area (Å²) in [7, 11) is 3.15. The molecule has 0 saturated carbocycles. The largest absolute Gasteiger partial charge is 0.495 e. The lowest BCUT2D eigenvalue weighted by molar-refractivity contribution is 0.0963. The van der Waals surface area contributed by atoms with Crippen molar-refractivity contribution in [3.63, 3.8) is 0 Å². The Balaban J connectivity index is 1.70. The Morgan fingerprint density at radius 3 is 2.85 bits per heavy atom. The van der Waals surface area contributed by atoms with Crippen LogP contribution in [0.3, 0.4) is 0 Å². The van der Waals surface area contributed by atoms with Crippen molar-refractivity contribution in [1.82, 2.24) is 5.32 Å². The number of furan rings is 1. The third-order valence-electron chi connectivity index (χ3n) is 3.77. The normalized spacial score (nSPS) is 10.1. The fourth-order valence-corrected chi connectivity index (χ4v) is 2.95. The maximum atomic E-state index is 11.7. The molecule has 3 aromatic rings. The Labute approximate surface area is 159 Å².